The van der Waals surface area contributed by atoms with Crippen LogP contribution in [-0.2, 0) is 29.7 Å². The Bertz CT molecular complexity index is 1290. The number of nitrogens with one attached hydrogen (secondary N) is 2. The van der Waals surface area contributed by atoms with Crippen LogP contribution in [0.15, 0.2) is 91.3 Å². The summed E-state index contributed by atoms with van der Waals surface area (Å²) >= 11 is 0. The maximum Gasteiger partial charge on any atom is 0.408 e. The Morgan fingerprint density at radius 1 is 0.971 bits per heavy atom. The van der Waals surface area contributed by atoms with Crippen molar-refractivity contribution < 1.29 is 14.3 Å². The van der Waals surface area contributed by atoms with Crippen LogP contribution in [0.5, 0.6) is 0 Å². The summed E-state index contributed by atoms with van der Waals surface area (Å²) in [6.07, 6.45) is 2.98. The van der Waals surface area contributed by atoms with Crippen LogP contribution < -0.4 is 16.4 Å². The van der Waals surface area contributed by atoms with Crippen molar-refractivity contribution in [2.75, 3.05) is 5.32 Å². The molecule has 4 N–H and O–H groups in total. The first-order chi connectivity index (χ1) is 17.0. The number of hydrogen-bond donors (Lipinski definition) is 3. The van der Waals surface area contributed by atoms with Crippen molar-refractivity contribution in [1.29, 1.82) is 0 Å². The van der Waals surface area contributed by atoms with E-state index in [0.29, 0.717) is 17.8 Å². The highest BCUT2D eigenvalue weighted by Gasteiger charge is 2.24. The minimum Gasteiger partial charge on any atom is -0.445 e. The largest absolute Gasteiger partial charge is 0.445 e. The van der Waals surface area contributed by atoms with Gasteiger partial charge in [0.15, 0.2) is 0 Å². The van der Waals surface area contributed by atoms with Crippen LogP contribution >= 0.6 is 0 Å². The van der Waals surface area contributed by atoms with Crippen LogP contribution in [-0.4, -0.2) is 21.8 Å². The Kier molecular flexibility index (Phi) is 7.54. The van der Waals surface area contributed by atoms with Crippen molar-refractivity contribution in [3.63, 3.8) is 0 Å². The van der Waals surface area contributed by atoms with Gasteiger partial charge in [0.1, 0.15) is 12.6 Å². The summed E-state index contributed by atoms with van der Waals surface area (Å²) in [4.78, 5) is 25.9. The quantitative estimate of drug-likeness (QED) is 0.359. The number of carbonyl (C=O) groups is 2. The molecular formula is C27H27N5O3. The molecule has 4 rings (SSSR count). The lowest BCUT2D eigenvalue weighted by molar-refractivity contribution is -0.118. The minimum atomic E-state index is -0.970. The molecule has 0 unspecified atom stereocenters. The molecule has 35 heavy (non-hydrogen) atoms. The van der Waals surface area contributed by atoms with Gasteiger partial charge in [0.2, 0.25) is 0 Å². The van der Waals surface area contributed by atoms with Crippen LogP contribution in [0.25, 0.3) is 11.1 Å². The molecule has 0 bridgehead atoms. The molecule has 178 valence electrons. The molecule has 1 aromatic heterocycles. The Morgan fingerprint density at radius 2 is 1.71 bits per heavy atom. The average molecular weight is 470 g/mol. The van der Waals surface area contributed by atoms with Gasteiger partial charge in [-0.15, -0.1) is 0 Å². The zero-order valence-electron chi connectivity index (χ0n) is 19.3. The minimum absolute atomic E-state index is 0.0967. The topological polar surface area (TPSA) is 111 Å². The fourth-order valence-corrected chi connectivity index (χ4v) is 3.61. The summed E-state index contributed by atoms with van der Waals surface area (Å²) in [6.45, 7) is 0.451. The predicted octanol–water partition coefficient (Wildman–Crippen LogP) is 4.15. The first-order valence-corrected chi connectivity index (χ1v) is 11.2. The number of nitrogens with zero attached hydrogens (tertiary/aromatic N) is 2. The fraction of sp³-hybridized carbons (Fsp3) is 0.148. The van der Waals surface area contributed by atoms with E-state index in [-0.39, 0.29) is 6.61 Å². The van der Waals surface area contributed by atoms with Gasteiger partial charge in [-0.1, -0.05) is 66.7 Å². The van der Waals surface area contributed by atoms with Crippen LogP contribution in [0.1, 0.15) is 22.7 Å². The van der Waals surface area contributed by atoms with Gasteiger partial charge in [-0.25, -0.2) is 4.79 Å². The number of alkyl carbamates (subject to hydrolysis) is 1. The molecule has 8 nitrogen and oxygen atoms in total. The molecule has 0 fully saturated rings. The highest BCUT2D eigenvalue weighted by atomic mass is 16.5. The van der Waals surface area contributed by atoms with Crippen molar-refractivity contribution in [1.82, 2.24) is 15.1 Å². The van der Waals surface area contributed by atoms with E-state index in [2.05, 4.69) is 15.7 Å². The molecular weight excluding hydrogens is 442 g/mol. The monoisotopic (exact) mass is 469 g/mol. The number of rotatable bonds is 8. The van der Waals surface area contributed by atoms with Crippen molar-refractivity contribution in [2.45, 2.75) is 19.2 Å². The third-order valence-electron chi connectivity index (χ3n) is 5.45. The Labute approximate surface area is 203 Å². The number of amides is 2. The van der Waals surface area contributed by atoms with Crippen LogP contribution in [0.4, 0.5) is 10.5 Å². The fourth-order valence-electron chi connectivity index (χ4n) is 3.61. The molecule has 2 amide bonds. The van der Waals surface area contributed by atoms with E-state index >= 15 is 0 Å². The van der Waals surface area contributed by atoms with Gasteiger partial charge in [-0.05, 0) is 34.4 Å². The van der Waals surface area contributed by atoms with Crippen LogP contribution in [0, 0.1) is 0 Å². The predicted molar refractivity (Wildman–Crippen MR) is 134 cm³/mol. The molecule has 0 radical (unpaired) electrons. The molecule has 0 aliphatic rings. The van der Waals surface area contributed by atoms with Gasteiger partial charge in [-0.2, -0.15) is 5.10 Å². The Hall–Kier alpha value is -4.43. The molecule has 0 saturated carbocycles. The first-order valence-electron chi connectivity index (χ1n) is 11.2. The van der Waals surface area contributed by atoms with Crippen molar-refractivity contribution in [3.05, 3.63) is 108 Å². The lowest BCUT2D eigenvalue weighted by Gasteiger charge is -2.19. The van der Waals surface area contributed by atoms with Crippen LogP contribution in [0.3, 0.4) is 0 Å². The van der Waals surface area contributed by atoms with E-state index in [4.69, 9.17) is 10.5 Å². The lowest BCUT2D eigenvalue weighted by atomic mass is 10.0. The number of nitrogens with two attached hydrogens (primary N) is 1. The zero-order valence-corrected chi connectivity index (χ0v) is 19.3. The Morgan fingerprint density at radius 3 is 2.40 bits per heavy atom. The summed E-state index contributed by atoms with van der Waals surface area (Å²) in [5, 5.41) is 9.76. The molecule has 0 saturated heterocycles. The van der Waals surface area contributed by atoms with E-state index in [1.807, 2.05) is 67.8 Å². The molecule has 0 aliphatic heterocycles. The van der Waals surface area contributed by atoms with Gasteiger partial charge >= 0.3 is 6.09 Å². The van der Waals surface area contributed by atoms with Crippen molar-refractivity contribution in [3.8, 4) is 11.1 Å². The number of benzene rings is 3. The zero-order chi connectivity index (χ0) is 24.6. The number of hydrogen-bond acceptors (Lipinski definition) is 5. The molecule has 0 aliphatic carbocycles. The van der Waals surface area contributed by atoms with Gasteiger partial charge in [0, 0.05) is 31.0 Å². The summed E-state index contributed by atoms with van der Waals surface area (Å²) in [7, 11) is 1.85. The second-order valence-electron chi connectivity index (χ2n) is 8.06. The van der Waals surface area contributed by atoms with Gasteiger partial charge < -0.3 is 21.1 Å². The van der Waals surface area contributed by atoms with E-state index in [0.717, 1.165) is 22.3 Å². The standard InChI is InChI=1S/C27H27N5O3/c1-32-17-23(16-29-32)21-10-12-22(13-11-21)25(26(33)30-24-9-5-8-20(14-24)15-28)31-27(34)35-18-19-6-3-2-4-7-19/h2-14,16-17,25H,15,18,28H2,1H3,(H,30,33)(H,31,34)/t25-/m1/s1. The van der Waals surface area contributed by atoms with Crippen molar-refractivity contribution >= 4 is 17.7 Å². The number of aromatic nitrogens is 2. The molecule has 3 aromatic carbocycles. The average Bonchev–Trinajstić information content (AvgIpc) is 3.33. The SMILES string of the molecule is Cn1cc(-c2ccc([C@@H](NC(=O)OCc3ccccc3)C(=O)Nc3cccc(CN)c3)cc2)cn1. The summed E-state index contributed by atoms with van der Waals surface area (Å²) < 4.78 is 7.08. The first kappa shape index (κ1) is 23.7. The number of aryl methyl sites for hydroxylation is 1. The second-order valence-corrected chi connectivity index (χ2v) is 8.06. The maximum atomic E-state index is 13.3. The molecule has 8 heteroatoms. The second kappa shape index (κ2) is 11.1. The number of ether oxygens (including phenoxy) is 1. The van der Waals surface area contributed by atoms with E-state index in [1.54, 1.807) is 35.1 Å². The van der Waals surface area contributed by atoms with Gasteiger partial charge in [0.05, 0.1) is 6.20 Å². The van der Waals surface area contributed by atoms with Crippen LogP contribution in [0.2, 0.25) is 0 Å². The smallest absolute Gasteiger partial charge is 0.408 e. The summed E-state index contributed by atoms with van der Waals surface area (Å²) in [5.41, 5.74) is 10.6. The number of anilines is 1. The third kappa shape index (κ3) is 6.33. The highest BCUT2D eigenvalue weighted by Crippen LogP contribution is 2.23. The van der Waals surface area contributed by atoms with Gasteiger partial charge in [-0.3, -0.25) is 9.48 Å². The van der Waals surface area contributed by atoms with E-state index < -0.39 is 18.0 Å². The normalized spacial score (nSPS) is 11.5. The summed E-state index contributed by atoms with van der Waals surface area (Å²) in [5.74, 6) is -0.398. The Balaban J connectivity index is 1.53. The highest BCUT2D eigenvalue weighted by molar-refractivity contribution is 5.97. The van der Waals surface area contributed by atoms with Gasteiger partial charge in [0.25, 0.3) is 5.91 Å². The van der Waals surface area contributed by atoms with Crippen molar-refractivity contribution in [2.24, 2.45) is 12.8 Å². The van der Waals surface area contributed by atoms with E-state index in [1.165, 1.54) is 0 Å². The molecule has 4 aromatic rings. The summed E-state index contributed by atoms with van der Waals surface area (Å²) in [6, 6.07) is 23.0. The third-order valence-corrected chi connectivity index (χ3v) is 5.45. The molecule has 0 spiro atoms. The molecule has 1 heterocycles. The molecule has 1 atom stereocenters. The van der Waals surface area contributed by atoms with E-state index in [9.17, 15) is 9.59 Å². The lowest BCUT2D eigenvalue weighted by Crippen LogP contribution is -2.37. The maximum absolute atomic E-state index is 13.3. The number of carbonyl (C=O) groups excluding carboxylic acids is 2.